The van der Waals surface area contributed by atoms with Crippen LogP contribution in [0.2, 0.25) is 0 Å². The van der Waals surface area contributed by atoms with E-state index < -0.39 is 11.9 Å². The molecule has 1 heterocycles. The van der Waals surface area contributed by atoms with Crippen LogP contribution in [0.3, 0.4) is 0 Å². The average molecular weight is 318 g/mol. The maximum Gasteiger partial charge on any atom is 0.354 e. The number of amides is 1. The molecular weight excluding hydrogens is 300 g/mol. The quantitative estimate of drug-likeness (QED) is 0.653. The molecular formula is C16H18N2O5. The van der Waals surface area contributed by atoms with Gasteiger partial charge in [0.25, 0.3) is 0 Å². The third kappa shape index (κ3) is 3.88. The molecule has 0 unspecified atom stereocenters. The molecule has 0 aromatic heterocycles. The van der Waals surface area contributed by atoms with Gasteiger partial charge in [-0.1, -0.05) is 12.1 Å². The van der Waals surface area contributed by atoms with Crippen molar-refractivity contribution in [3.05, 3.63) is 36.0 Å². The molecule has 7 nitrogen and oxygen atoms in total. The third-order valence-corrected chi connectivity index (χ3v) is 3.41. The molecule has 23 heavy (non-hydrogen) atoms. The normalized spacial score (nSPS) is 14.6. The summed E-state index contributed by atoms with van der Waals surface area (Å²) in [6.45, 7) is 0.617. The van der Waals surface area contributed by atoms with Gasteiger partial charge in [0.1, 0.15) is 5.70 Å². The first-order valence-electron chi connectivity index (χ1n) is 7.11. The molecule has 7 heteroatoms. The van der Waals surface area contributed by atoms with Crippen LogP contribution in [0.5, 0.6) is 0 Å². The summed E-state index contributed by atoms with van der Waals surface area (Å²) in [5, 5.41) is 2.85. The van der Waals surface area contributed by atoms with Crippen LogP contribution >= 0.6 is 0 Å². The lowest BCUT2D eigenvalue weighted by atomic mass is 10.2. The zero-order valence-corrected chi connectivity index (χ0v) is 13.0. The number of carbonyl (C=O) groups is 3. The number of methoxy groups -OCH3 is 2. The van der Waals surface area contributed by atoms with Crippen LogP contribution in [0.4, 0.5) is 11.4 Å². The Balaban J connectivity index is 2.33. The van der Waals surface area contributed by atoms with Crippen molar-refractivity contribution >= 4 is 29.2 Å². The van der Waals surface area contributed by atoms with E-state index in [-0.39, 0.29) is 11.6 Å². The number of benzene rings is 1. The van der Waals surface area contributed by atoms with Crippen molar-refractivity contribution in [3.63, 3.8) is 0 Å². The maximum absolute atomic E-state index is 11.9. The number of anilines is 2. The standard InChI is InChI=1S/C16H18N2O5/c1-22-15(20)10-12(16(21)23-2)17-11-6-3-4-7-13(11)18-9-5-8-14(18)19/h3-4,6-7,10,17H,5,8-9H2,1-2H3/b12-10+. The maximum atomic E-state index is 11.9. The molecule has 2 rings (SSSR count). The minimum absolute atomic E-state index is 0.0239. The molecule has 1 amide bonds. The molecule has 0 bridgehead atoms. The van der Waals surface area contributed by atoms with Gasteiger partial charge in [-0.15, -0.1) is 0 Å². The minimum Gasteiger partial charge on any atom is -0.466 e. The van der Waals surface area contributed by atoms with Crippen LogP contribution in [0.1, 0.15) is 12.8 Å². The van der Waals surface area contributed by atoms with Crippen LogP contribution in [-0.2, 0) is 23.9 Å². The van der Waals surface area contributed by atoms with Gasteiger partial charge in [-0.25, -0.2) is 9.59 Å². The van der Waals surface area contributed by atoms with E-state index in [2.05, 4.69) is 14.8 Å². The number of hydrogen-bond donors (Lipinski definition) is 1. The largest absolute Gasteiger partial charge is 0.466 e. The van der Waals surface area contributed by atoms with Crippen molar-refractivity contribution in [2.75, 3.05) is 31.0 Å². The SMILES string of the molecule is COC(=O)/C=C(/Nc1ccccc1N1CCCC1=O)C(=O)OC. The molecule has 122 valence electrons. The molecule has 1 N–H and O–H groups in total. The van der Waals surface area contributed by atoms with Crippen molar-refractivity contribution in [1.82, 2.24) is 0 Å². The van der Waals surface area contributed by atoms with E-state index in [1.165, 1.54) is 14.2 Å². The van der Waals surface area contributed by atoms with Crippen molar-refractivity contribution in [1.29, 1.82) is 0 Å². The highest BCUT2D eigenvalue weighted by atomic mass is 16.5. The van der Waals surface area contributed by atoms with E-state index >= 15 is 0 Å². The number of nitrogens with one attached hydrogen (secondary N) is 1. The van der Waals surface area contributed by atoms with E-state index in [0.29, 0.717) is 24.3 Å². The van der Waals surface area contributed by atoms with E-state index in [1.807, 2.05) is 0 Å². The number of hydrogen-bond acceptors (Lipinski definition) is 6. The van der Waals surface area contributed by atoms with Crippen LogP contribution in [-0.4, -0.2) is 38.6 Å². The van der Waals surface area contributed by atoms with E-state index in [1.54, 1.807) is 29.2 Å². The Labute approximate surface area is 133 Å². The molecule has 0 atom stereocenters. The minimum atomic E-state index is -0.710. The summed E-state index contributed by atoms with van der Waals surface area (Å²) >= 11 is 0. The van der Waals surface area contributed by atoms with Gasteiger partial charge in [0.15, 0.2) is 0 Å². The summed E-state index contributed by atoms with van der Waals surface area (Å²) in [5.41, 5.74) is 1.11. The highest BCUT2D eigenvalue weighted by molar-refractivity contribution is 6.02. The fourth-order valence-corrected chi connectivity index (χ4v) is 2.30. The van der Waals surface area contributed by atoms with Gasteiger partial charge in [-0.05, 0) is 18.6 Å². The Hall–Kier alpha value is -2.83. The average Bonchev–Trinajstić information content (AvgIpc) is 2.99. The molecule has 1 aliphatic rings. The lowest BCUT2D eigenvalue weighted by Gasteiger charge is -2.20. The molecule has 0 radical (unpaired) electrons. The Morgan fingerprint density at radius 2 is 1.96 bits per heavy atom. The summed E-state index contributed by atoms with van der Waals surface area (Å²) in [7, 11) is 2.43. The summed E-state index contributed by atoms with van der Waals surface area (Å²) < 4.78 is 9.19. The number of rotatable bonds is 5. The van der Waals surface area contributed by atoms with Crippen molar-refractivity contribution in [2.24, 2.45) is 0 Å². The first-order valence-corrected chi connectivity index (χ1v) is 7.11. The van der Waals surface area contributed by atoms with Gasteiger partial charge >= 0.3 is 11.9 Å². The van der Waals surface area contributed by atoms with Gasteiger partial charge in [0, 0.05) is 13.0 Å². The second-order valence-electron chi connectivity index (χ2n) is 4.86. The van der Waals surface area contributed by atoms with Crippen LogP contribution in [0.25, 0.3) is 0 Å². The van der Waals surface area contributed by atoms with E-state index in [4.69, 9.17) is 0 Å². The fraction of sp³-hybridized carbons (Fsp3) is 0.312. The molecule has 0 saturated carbocycles. The second-order valence-corrected chi connectivity index (χ2v) is 4.86. The second kappa shape index (κ2) is 7.44. The van der Waals surface area contributed by atoms with Crippen LogP contribution < -0.4 is 10.2 Å². The summed E-state index contributed by atoms with van der Waals surface area (Å²) in [6, 6.07) is 7.06. The predicted octanol–water partition coefficient (Wildman–Crippen LogP) is 1.46. The molecule has 1 aromatic rings. The number of para-hydroxylation sites is 2. The van der Waals surface area contributed by atoms with E-state index in [9.17, 15) is 14.4 Å². The molecule has 0 aliphatic carbocycles. The Morgan fingerprint density at radius 3 is 2.57 bits per heavy atom. The van der Waals surface area contributed by atoms with Crippen molar-refractivity contribution in [2.45, 2.75) is 12.8 Å². The van der Waals surface area contributed by atoms with Gasteiger partial charge in [0.05, 0.1) is 31.7 Å². The molecule has 0 spiro atoms. The number of ether oxygens (including phenoxy) is 2. The van der Waals surface area contributed by atoms with Crippen molar-refractivity contribution in [3.8, 4) is 0 Å². The zero-order valence-electron chi connectivity index (χ0n) is 13.0. The zero-order chi connectivity index (χ0) is 16.8. The Morgan fingerprint density at radius 1 is 1.22 bits per heavy atom. The van der Waals surface area contributed by atoms with E-state index in [0.717, 1.165) is 12.5 Å². The molecule has 1 aliphatic heterocycles. The van der Waals surface area contributed by atoms with Gasteiger partial charge in [-0.2, -0.15) is 0 Å². The highest BCUT2D eigenvalue weighted by Gasteiger charge is 2.24. The molecule has 1 saturated heterocycles. The number of carbonyl (C=O) groups excluding carboxylic acids is 3. The topological polar surface area (TPSA) is 84.9 Å². The summed E-state index contributed by atoms with van der Waals surface area (Å²) in [4.78, 5) is 36.8. The lowest BCUT2D eigenvalue weighted by molar-refractivity contribution is -0.138. The third-order valence-electron chi connectivity index (χ3n) is 3.41. The molecule has 1 fully saturated rings. The van der Waals surface area contributed by atoms with Crippen molar-refractivity contribution < 1.29 is 23.9 Å². The smallest absolute Gasteiger partial charge is 0.354 e. The first kappa shape index (κ1) is 16.5. The Bertz CT molecular complexity index is 654. The van der Waals surface area contributed by atoms with Gasteiger partial charge in [-0.3, -0.25) is 4.79 Å². The first-order chi connectivity index (χ1) is 11.1. The number of nitrogens with zero attached hydrogens (tertiary/aromatic N) is 1. The highest BCUT2D eigenvalue weighted by Crippen LogP contribution is 2.30. The number of esters is 2. The lowest BCUT2D eigenvalue weighted by Crippen LogP contribution is -2.25. The monoisotopic (exact) mass is 318 g/mol. The van der Waals surface area contributed by atoms with Gasteiger partial charge in [0.2, 0.25) is 5.91 Å². The Kier molecular flexibility index (Phi) is 5.35. The molecule has 1 aromatic carbocycles. The summed E-state index contributed by atoms with van der Waals surface area (Å²) in [6.07, 6.45) is 2.29. The van der Waals surface area contributed by atoms with Gasteiger partial charge < -0.3 is 19.7 Å². The summed E-state index contributed by atoms with van der Waals surface area (Å²) in [5.74, 6) is -1.37. The van der Waals surface area contributed by atoms with Crippen LogP contribution in [0, 0.1) is 0 Å². The van der Waals surface area contributed by atoms with Crippen LogP contribution in [0.15, 0.2) is 36.0 Å². The predicted molar refractivity (Wildman–Crippen MR) is 83.8 cm³/mol. The fourth-order valence-electron chi connectivity index (χ4n) is 2.30.